The van der Waals surface area contributed by atoms with Crippen LogP contribution in [0.3, 0.4) is 0 Å². The fourth-order valence-electron chi connectivity index (χ4n) is 2.59. The van der Waals surface area contributed by atoms with E-state index in [1.807, 2.05) is 48.7 Å². The molecule has 0 fully saturated rings. The van der Waals surface area contributed by atoms with E-state index in [-0.39, 0.29) is 5.91 Å². The highest BCUT2D eigenvalue weighted by Gasteiger charge is 2.18. The number of hydrogen-bond acceptors (Lipinski definition) is 6. The van der Waals surface area contributed by atoms with E-state index in [0.29, 0.717) is 36.0 Å². The van der Waals surface area contributed by atoms with Crippen LogP contribution in [0.2, 0.25) is 0 Å². The van der Waals surface area contributed by atoms with Crippen molar-refractivity contribution in [3.05, 3.63) is 52.3 Å². The highest BCUT2D eigenvalue weighted by atomic mass is 32.1. The van der Waals surface area contributed by atoms with Gasteiger partial charge in [0.25, 0.3) is 5.91 Å². The van der Waals surface area contributed by atoms with Gasteiger partial charge in [-0.15, -0.1) is 11.3 Å². The number of rotatable bonds is 7. The van der Waals surface area contributed by atoms with E-state index >= 15 is 0 Å². The zero-order valence-corrected chi connectivity index (χ0v) is 15.7. The molecule has 0 aliphatic heterocycles. The van der Waals surface area contributed by atoms with Crippen LogP contribution in [0.5, 0.6) is 11.5 Å². The van der Waals surface area contributed by atoms with E-state index < -0.39 is 0 Å². The number of ether oxygens (including phenoxy) is 2. The molecule has 7 heteroatoms. The van der Waals surface area contributed by atoms with Crippen molar-refractivity contribution in [2.45, 2.75) is 13.5 Å². The third kappa shape index (κ3) is 3.72. The van der Waals surface area contributed by atoms with Gasteiger partial charge in [0.05, 0.1) is 25.6 Å². The molecule has 136 valence electrons. The fraction of sp³-hybridized carbons (Fsp3) is 0.263. The van der Waals surface area contributed by atoms with Gasteiger partial charge in [0.2, 0.25) is 0 Å². The SMILES string of the molecule is CCN(Cc1cc(-c2ccc(OC)c(OC)c2)on1)C(=O)c1cccs1. The molecule has 0 aliphatic carbocycles. The molecule has 2 heterocycles. The van der Waals surface area contributed by atoms with E-state index in [4.69, 9.17) is 14.0 Å². The Labute approximate surface area is 155 Å². The molecule has 0 aliphatic rings. The molecule has 0 bridgehead atoms. The van der Waals surface area contributed by atoms with Crippen molar-refractivity contribution in [3.8, 4) is 22.8 Å². The van der Waals surface area contributed by atoms with Gasteiger partial charge in [0.1, 0.15) is 5.69 Å². The second-order valence-corrected chi connectivity index (χ2v) is 6.50. The first-order valence-electron chi connectivity index (χ1n) is 8.17. The minimum atomic E-state index is -0.00170. The van der Waals surface area contributed by atoms with E-state index in [1.165, 1.54) is 11.3 Å². The quantitative estimate of drug-likeness (QED) is 0.625. The molecular formula is C19H20N2O4S. The summed E-state index contributed by atoms with van der Waals surface area (Å²) in [4.78, 5) is 15.0. The van der Waals surface area contributed by atoms with E-state index in [2.05, 4.69) is 5.16 Å². The number of methoxy groups -OCH3 is 2. The molecule has 3 rings (SSSR count). The summed E-state index contributed by atoms with van der Waals surface area (Å²) in [7, 11) is 3.18. The van der Waals surface area contributed by atoms with Crippen molar-refractivity contribution < 1.29 is 18.8 Å². The average molecular weight is 372 g/mol. The molecule has 0 saturated heterocycles. The predicted molar refractivity (Wildman–Crippen MR) is 99.8 cm³/mol. The van der Waals surface area contributed by atoms with Crippen molar-refractivity contribution in [2.75, 3.05) is 20.8 Å². The summed E-state index contributed by atoms with van der Waals surface area (Å²) < 4.78 is 16.0. The van der Waals surface area contributed by atoms with Crippen LogP contribution < -0.4 is 9.47 Å². The van der Waals surface area contributed by atoms with Crippen LogP contribution in [0.15, 0.2) is 46.3 Å². The minimum Gasteiger partial charge on any atom is -0.493 e. The van der Waals surface area contributed by atoms with Crippen LogP contribution in [0.1, 0.15) is 22.3 Å². The molecule has 0 N–H and O–H groups in total. The summed E-state index contributed by atoms with van der Waals surface area (Å²) in [6.07, 6.45) is 0. The van der Waals surface area contributed by atoms with E-state index in [0.717, 1.165) is 10.4 Å². The molecular weight excluding hydrogens is 352 g/mol. The van der Waals surface area contributed by atoms with Crippen LogP contribution in [-0.4, -0.2) is 36.7 Å². The Morgan fingerprint density at radius 2 is 2.00 bits per heavy atom. The largest absolute Gasteiger partial charge is 0.493 e. The average Bonchev–Trinajstić information content (AvgIpc) is 3.37. The molecule has 0 atom stereocenters. The van der Waals surface area contributed by atoms with Crippen LogP contribution >= 0.6 is 11.3 Å². The van der Waals surface area contributed by atoms with Gasteiger partial charge in [-0.2, -0.15) is 0 Å². The Hall–Kier alpha value is -2.80. The lowest BCUT2D eigenvalue weighted by Gasteiger charge is -2.18. The Morgan fingerprint density at radius 1 is 1.19 bits per heavy atom. The summed E-state index contributed by atoms with van der Waals surface area (Å²) in [6, 6.07) is 11.1. The van der Waals surface area contributed by atoms with Gasteiger partial charge in [0.15, 0.2) is 17.3 Å². The lowest BCUT2D eigenvalue weighted by atomic mass is 10.1. The van der Waals surface area contributed by atoms with Gasteiger partial charge in [-0.3, -0.25) is 4.79 Å². The Morgan fingerprint density at radius 3 is 2.65 bits per heavy atom. The monoisotopic (exact) mass is 372 g/mol. The molecule has 1 amide bonds. The van der Waals surface area contributed by atoms with Crippen LogP contribution in [-0.2, 0) is 6.54 Å². The summed E-state index contributed by atoms with van der Waals surface area (Å²) in [5, 5.41) is 6.00. The maximum Gasteiger partial charge on any atom is 0.264 e. The Balaban J connectivity index is 1.78. The smallest absolute Gasteiger partial charge is 0.264 e. The van der Waals surface area contributed by atoms with Gasteiger partial charge in [-0.25, -0.2) is 0 Å². The molecule has 0 spiro atoms. The first kappa shape index (κ1) is 18.0. The van der Waals surface area contributed by atoms with E-state index in [1.54, 1.807) is 19.1 Å². The zero-order valence-electron chi connectivity index (χ0n) is 14.9. The van der Waals surface area contributed by atoms with Crippen molar-refractivity contribution in [1.82, 2.24) is 10.1 Å². The number of thiophene rings is 1. The molecule has 0 saturated carbocycles. The van der Waals surface area contributed by atoms with Crippen LogP contribution in [0.25, 0.3) is 11.3 Å². The summed E-state index contributed by atoms with van der Waals surface area (Å²) in [6.45, 7) is 2.93. The molecule has 3 aromatic rings. The summed E-state index contributed by atoms with van der Waals surface area (Å²) >= 11 is 1.43. The maximum atomic E-state index is 12.5. The van der Waals surface area contributed by atoms with Crippen molar-refractivity contribution >= 4 is 17.2 Å². The van der Waals surface area contributed by atoms with Crippen LogP contribution in [0, 0.1) is 0 Å². The highest BCUT2D eigenvalue weighted by molar-refractivity contribution is 7.12. The Kier molecular flexibility index (Phi) is 5.58. The first-order valence-corrected chi connectivity index (χ1v) is 9.05. The maximum absolute atomic E-state index is 12.5. The molecule has 6 nitrogen and oxygen atoms in total. The standard InChI is InChI=1S/C19H20N2O4S/c1-4-21(19(22)18-6-5-9-26-18)12-14-11-16(25-20-14)13-7-8-15(23-2)17(10-13)24-3/h5-11H,4,12H2,1-3H3. The zero-order chi connectivity index (χ0) is 18.5. The van der Waals surface area contributed by atoms with Gasteiger partial charge >= 0.3 is 0 Å². The molecule has 26 heavy (non-hydrogen) atoms. The lowest BCUT2D eigenvalue weighted by Crippen LogP contribution is -2.29. The second-order valence-electron chi connectivity index (χ2n) is 5.55. The summed E-state index contributed by atoms with van der Waals surface area (Å²) in [5.41, 5.74) is 1.52. The molecule has 2 aromatic heterocycles. The Bertz CT molecular complexity index is 874. The van der Waals surface area contributed by atoms with Gasteiger partial charge in [0, 0.05) is 18.2 Å². The fourth-order valence-corrected chi connectivity index (χ4v) is 3.28. The van der Waals surface area contributed by atoms with Gasteiger partial charge < -0.3 is 18.9 Å². The highest BCUT2D eigenvalue weighted by Crippen LogP contribution is 2.32. The predicted octanol–water partition coefficient (Wildman–Crippen LogP) is 4.08. The lowest BCUT2D eigenvalue weighted by molar-refractivity contribution is 0.0754. The first-order chi connectivity index (χ1) is 12.7. The van der Waals surface area contributed by atoms with Crippen molar-refractivity contribution in [3.63, 3.8) is 0 Å². The molecule has 1 aromatic carbocycles. The molecule has 0 radical (unpaired) electrons. The number of carbonyl (C=O) groups excluding carboxylic acids is 1. The van der Waals surface area contributed by atoms with Gasteiger partial charge in [-0.1, -0.05) is 11.2 Å². The number of nitrogens with zero attached hydrogens (tertiary/aromatic N) is 2. The van der Waals surface area contributed by atoms with Gasteiger partial charge in [-0.05, 0) is 36.6 Å². The third-order valence-electron chi connectivity index (χ3n) is 3.98. The summed E-state index contributed by atoms with van der Waals surface area (Å²) in [5.74, 6) is 1.87. The number of aromatic nitrogens is 1. The topological polar surface area (TPSA) is 64.8 Å². The number of carbonyl (C=O) groups is 1. The normalized spacial score (nSPS) is 10.6. The molecule has 0 unspecified atom stereocenters. The number of amides is 1. The van der Waals surface area contributed by atoms with Crippen molar-refractivity contribution in [2.24, 2.45) is 0 Å². The minimum absolute atomic E-state index is 0.00170. The van der Waals surface area contributed by atoms with Crippen LogP contribution in [0.4, 0.5) is 0 Å². The van der Waals surface area contributed by atoms with Crippen molar-refractivity contribution in [1.29, 1.82) is 0 Å². The third-order valence-corrected chi connectivity index (χ3v) is 4.84. The number of benzene rings is 1. The van der Waals surface area contributed by atoms with E-state index in [9.17, 15) is 4.79 Å². The second kappa shape index (κ2) is 8.05. The number of hydrogen-bond donors (Lipinski definition) is 0.